The lowest BCUT2D eigenvalue weighted by atomic mass is 10.1. The molecule has 1 aliphatic heterocycles. The Kier molecular flexibility index (Phi) is 5.28. The van der Waals surface area contributed by atoms with Crippen molar-refractivity contribution >= 4 is 33.3 Å². The van der Waals surface area contributed by atoms with E-state index in [4.69, 9.17) is 4.74 Å². The van der Waals surface area contributed by atoms with E-state index in [9.17, 15) is 19.0 Å². The molecule has 2 aromatic carbocycles. The molecule has 2 aromatic heterocycles. The molecule has 0 radical (unpaired) electrons. The summed E-state index contributed by atoms with van der Waals surface area (Å²) in [5.41, 5.74) is 1.47. The molecule has 174 valence electrons. The number of hydrogen-bond donors (Lipinski definition) is 4. The van der Waals surface area contributed by atoms with Gasteiger partial charge in [0.15, 0.2) is 5.84 Å². The highest BCUT2D eigenvalue weighted by molar-refractivity contribution is 8.23. The Balaban J connectivity index is 1.76. The molecule has 0 saturated carbocycles. The third-order valence-corrected chi connectivity index (χ3v) is 7.09. The smallest absolute Gasteiger partial charge is 0.267 e. The number of nitrogens with zero attached hydrogens (tertiary/aromatic N) is 3. The van der Waals surface area contributed by atoms with E-state index in [1.807, 2.05) is 30.3 Å². The predicted octanol–water partition coefficient (Wildman–Crippen LogP) is 4.36. The van der Waals surface area contributed by atoms with Crippen LogP contribution in [0.15, 0.2) is 74.9 Å². The first-order chi connectivity index (χ1) is 16.3. The van der Waals surface area contributed by atoms with Crippen molar-refractivity contribution in [3.05, 3.63) is 87.8 Å². The summed E-state index contributed by atoms with van der Waals surface area (Å²) < 4.78 is 32.7. The Hall–Kier alpha value is -3.86. The Morgan fingerprint density at radius 2 is 1.85 bits per heavy atom. The molecular weight excluding hydrogens is 456 g/mol. The van der Waals surface area contributed by atoms with E-state index in [0.29, 0.717) is 22.3 Å². The van der Waals surface area contributed by atoms with E-state index in [1.165, 1.54) is 11.7 Å². The van der Waals surface area contributed by atoms with E-state index in [-0.39, 0.29) is 34.3 Å². The zero-order valence-corrected chi connectivity index (χ0v) is 19.2. The maximum absolute atomic E-state index is 13.7. The fourth-order valence-corrected chi connectivity index (χ4v) is 5.45. The van der Waals surface area contributed by atoms with Gasteiger partial charge in [0, 0.05) is 6.20 Å². The van der Waals surface area contributed by atoms with Gasteiger partial charge in [0.25, 0.3) is 5.56 Å². The number of amidine groups is 1. The number of methoxy groups -OCH3 is 1. The van der Waals surface area contributed by atoms with Crippen LogP contribution in [0.3, 0.4) is 0 Å². The summed E-state index contributed by atoms with van der Waals surface area (Å²) in [6.07, 6.45) is 1.54. The second-order valence-electron chi connectivity index (χ2n) is 7.85. The van der Waals surface area contributed by atoms with Crippen LogP contribution in [0.1, 0.15) is 16.7 Å². The van der Waals surface area contributed by atoms with Gasteiger partial charge in [-0.05, 0) is 36.2 Å². The largest absolute Gasteiger partial charge is 0.506 e. The number of aromatic nitrogens is 2. The highest BCUT2D eigenvalue weighted by atomic mass is 32.3. The minimum atomic E-state index is -3.74. The van der Waals surface area contributed by atoms with Crippen molar-refractivity contribution in [1.82, 2.24) is 9.55 Å². The van der Waals surface area contributed by atoms with Gasteiger partial charge in [0.1, 0.15) is 27.6 Å². The molecule has 1 aliphatic rings. The maximum atomic E-state index is 13.7. The SMILES string of the molecule is COc1ccc(C)c2c1S(O)(O)N=C(c1c(O)c3cccnc3n(Cc3ccccc3)c1=O)N2. The molecule has 0 fully saturated rings. The van der Waals surface area contributed by atoms with Crippen molar-refractivity contribution in [2.24, 2.45) is 4.40 Å². The summed E-state index contributed by atoms with van der Waals surface area (Å²) in [5, 5.41) is 14.5. The predicted molar refractivity (Wildman–Crippen MR) is 132 cm³/mol. The molecule has 0 saturated heterocycles. The van der Waals surface area contributed by atoms with Crippen LogP contribution in [0, 0.1) is 6.92 Å². The van der Waals surface area contributed by atoms with Crippen molar-refractivity contribution in [2.75, 3.05) is 12.4 Å². The summed E-state index contributed by atoms with van der Waals surface area (Å²) in [5.74, 6) is -0.230. The van der Waals surface area contributed by atoms with Gasteiger partial charge in [-0.25, -0.2) is 4.98 Å². The number of aryl methyl sites for hydroxylation is 1. The standard InChI is InChI=1S/C24H22N4O5S/c1-14-10-11-17(33-2)21-19(14)26-22(27-34(21,31)32)18-20(29)16-9-6-12-25-23(16)28(24(18)30)13-15-7-4-3-5-8-15/h3-12,29,31-32H,13H2,1-2H3,(H,26,27). The lowest BCUT2D eigenvalue weighted by Crippen LogP contribution is -2.33. The Morgan fingerprint density at radius 1 is 1.09 bits per heavy atom. The summed E-state index contributed by atoms with van der Waals surface area (Å²) in [7, 11) is -2.32. The van der Waals surface area contributed by atoms with E-state index in [2.05, 4.69) is 14.7 Å². The summed E-state index contributed by atoms with van der Waals surface area (Å²) in [6, 6.07) is 16.0. The van der Waals surface area contributed by atoms with Gasteiger partial charge < -0.3 is 15.2 Å². The normalized spacial score (nSPS) is 15.2. The molecular formula is C24H22N4O5S. The number of anilines is 1. The number of hydrogen-bond acceptors (Lipinski definition) is 8. The average Bonchev–Trinajstić information content (AvgIpc) is 2.83. The van der Waals surface area contributed by atoms with Crippen LogP contribution in [0.2, 0.25) is 0 Å². The summed E-state index contributed by atoms with van der Waals surface area (Å²) in [6.45, 7) is 1.98. The topological polar surface area (TPSA) is 129 Å². The van der Waals surface area contributed by atoms with Crippen molar-refractivity contribution in [3.63, 3.8) is 0 Å². The number of nitrogens with one attached hydrogen (secondary N) is 1. The number of benzene rings is 2. The molecule has 0 bridgehead atoms. The van der Waals surface area contributed by atoms with Gasteiger partial charge in [-0.1, -0.05) is 47.2 Å². The Bertz CT molecular complexity index is 1520. The van der Waals surface area contributed by atoms with E-state index < -0.39 is 16.3 Å². The van der Waals surface area contributed by atoms with Gasteiger partial charge >= 0.3 is 0 Å². The first kappa shape index (κ1) is 22.0. The highest BCUT2D eigenvalue weighted by Crippen LogP contribution is 2.60. The van der Waals surface area contributed by atoms with Crippen LogP contribution in [0.4, 0.5) is 5.69 Å². The third kappa shape index (κ3) is 3.48. The van der Waals surface area contributed by atoms with Crippen LogP contribution in [0.25, 0.3) is 11.0 Å². The van der Waals surface area contributed by atoms with Crippen LogP contribution in [-0.2, 0) is 6.54 Å². The molecule has 34 heavy (non-hydrogen) atoms. The Labute approximate surface area is 196 Å². The molecule has 0 atom stereocenters. The first-order valence-electron chi connectivity index (χ1n) is 10.4. The van der Waals surface area contributed by atoms with E-state index in [1.54, 1.807) is 37.4 Å². The minimum absolute atomic E-state index is 0.102. The number of aromatic hydroxyl groups is 1. The van der Waals surface area contributed by atoms with Crippen LogP contribution in [0.5, 0.6) is 11.5 Å². The highest BCUT2D eigenvalue weighted by Gasteiger charge is 2.34. The monoisotopic (exact) mass is 478 g/mol. The number of pyridine rings is 2. The molecule has 3 heterocycles. The van der Waals surface area contributed by atoms with Crippen molar-refractivity contribution < 1.29 is 18.9 Å². The molecule has 0 unspecified atom stereocenters. The quantitative estimate of drug-likeness (QED) is 0.343. The fourth-order valence-electron chi connectivity index (χ4n) is 4.06. The number of ether oxygens (including phenoxy) is 1. The van der Waals surface area contributed by atoms with Crippen molar-refractivity contribution in [1.29, 1.82) is 0 Å². The average molecular weight is 479 g/mol. The van der Waals surface area contributed by atoms with Crippen molar-refractivity contribution in [3.8, 4) is 11.5 Å². The minimum Gasteiger partial charge on any atom is -0.506 e. The second-order valence-corrected chi connectivity index (χ2v) is 9.48. The molecule has 5 rings (SSSR count). The zero-order chi connectivity index (χ0) is 24.0. The number of fused-ring (bicyclic) bond motifs is 2. The van der Waals surface area contributed by atoms with Gasteiger partial charge in [-0.3, -0.25) is 18.5 Å². The zero-order valence-electron chi connectivity index (χ0n) is 18.4. The van der Waals surface area contributed by atoms with Crippen LogP contribution < -0.4 is 15.6 Å². The van der Waals surface area contributed by atoms with Crippen LogP contribution >= 0.6 is 10.8 Å². The molecule has 4 N–H and O–H groups in total. The third-order valence-electron chi connectivity index (χ3n) is 5.70. The van der Waals surface area contributed by atoms with Gasteiger partial charge in [-0.15, -0.1) is 4.40 Å². The summed E-state index contributed by atoms with van der Waals surface area (Å²) in [4.78, 5) is 18.1. The number of rotatable bonds is 4. The molecule has 0 amide bonds. The Morgan fingerprint density at radius 3 is 2.59 bits per heavy atom. The van der Waals surface area contributed by atoms with E-state index in [0.717, 1.165) is 5.56 Å². The van der Waals surface area contributed by atoms with Gasteiger partial charge in [-0.2, -0.15) is 0 Å². The first-order valence-corrected chi connectivity index (χ1v) is 11.9. The molecule has 0 spiro atoms. The van der Waals surface area contributed by atoms with Gasteiger partial charge in [0.05, 0.1) is 24.7 Å². The maximum Gasteiger partial charge on any atom is 0.267 e. The lowest BCUT2D eigenvalue weighted by molar-refractivity contribution is 0.397. The van der Waals surface area contributed by atoms with Crippen molar-refractivity contribution in [2.45, 2.75) is 18.4 Å². The van der Waals surface area contributed by atoms with E-state index >= 15 is 0 Å². The summed E-state index contributed by atoms with van der Waals surface area (Å²) >= 11 is 0. The molecule has 9 nitrogen and oxygen atoms in total. The second kappa shape index (κ2) is 8.17. The molecule has 0 aliphatic carbocycles. The molecule has 4 aromatic rings. The van der Waals surface area contributed by atoms with Gasteiger partial charge in [0.2, 0.25) is 0 Å². The van der Waals surface area contributed by atoms with Crippen LogP contribution in [-0.4, -0.2) is 36.7 Å². The molecule has 10 heteroatoms. The fraction of sp³-hybridized carbons (Fsp3) is 0.125. The lowest BCUT2D eigenvalue weighted by Gasteiger charge is -2.36.